The first-order valence-electron chi connectivity index (χ1n) is 8.08. The van der Waals surface area contributed by atoms with E-state index in [0.29, 0.717) is 24.5 Å². The largest absolute Gasteiger partial charge is 0.399 e. The zero-order valence-electron chi connectivity index (χ0n) is 14.6. The monoisotopic (exact) mass is 353 g/mol. The molecule has 1 heterocycles. The van der Waals surface area contributed by atoms with Crippen molar-refractivity contribution in [1.82, 2.24) is 10.5 Å². The second-order valence-corrected chi connectivity index (χ2v) is 5.69. The summed E-state index contributed by atoms with van der Waals surface area (Å²) in [5, 5.41) is 6.38. The normalized spacial score (nSPS) is 9.92. The second-order valence-electron chi connectivity index (χ2n) is 5.69. The molecule has 136 valence electrons. The van der Waals surface area contributed by atoms with Crippen LogP contribution in [-0.4, -0.2) is 11.1 Å². The molecule has 0 unspecified atom stereocenters. The Morgan fingerprint density at radius 1 is 1.00 bits per heavy atom. The lowest BCUT2D eigenvalue weighted by Crippen LogP contribution is -2.23. The predicted octanol–water partition coefficient (Wildman–Crippen LogP) is 2.22. The van der Waals surface area contributed by atoms with Crippen LogP contribution in [0.4, 0.5) is 11.4 Å². The molecule has 0 aliphatic rings. The summed E-state index contributed by atoms with van der Waals surface area (Å²) < 4.78 is 4.83. The van der Waals surface area contributed by atoms with E-state index in [1.807, 2.05) is 36.4 Å². The number of carbonyl (C=O) groups excluding carboxylic acids is 1. The number of benzene rings is 2. The lowest BCUT2D eigenvalue weighted by molar-refractivity contribution is 0.0942. The SMILES string of the molecule is Cc1cc(C(=O)NCc2ccc(N)cc2)no1.NCc1ccc(N)cc1. The van der Waals surface area contributed by atoms with E-state index >= 15 is 0 Å². The number of aryl methyl sites for hydroxylation is 1. The number of hydrogen-bond donors (Lipinski definition) is 4. The van der Waals surface area contributed by atoms with Crippen LogP contribution in [0.2, 0.25) is 0 Å². The van der Waals surface area contributed by atoms with E-state index in [4.69, 9.17) is 21.7 Å². The molecular weight excluding hydrogens is 330 g/mol. The number of nitrogens with two attached hydrogens (primary N) is 3. The van der Waals surface area contributed by atoms with Crippen molar-refractivity contribution in [3.05, 3.63) is 77.2 Å². The van der Waals surface area contributed by atoms with Gasteiger partial charge in [0.1, 0.15) is 5.76 Å². The van der Waals surface area contributed by atoms with Gasteiger partial charge in [-0.2, -0.15) is 0 Å². The maximum Gasteiger partial charge on any atom is 0.273 e. The highest BCUT2D eigenvalue weighted by atomic mass is 16.5. The minimum atomic E-state index is -0.251. The molecule has 0 spiro atoms. The molecule has 0 saturated heterocycles. The molecule has 3 aromatic rings. The molecule has 7 heteroatoms. The summed E-state index contributed by atoms with van der Waals surface area (Å²) in [6.45, 7) is 2.76. The Balaban J connectivity index is 0.000000228. The van der Waals surface area contributed by atoms with Crippen molar-refractivity contribution in [2.24, 2.45) is 5.73 Å². The third-order valence-corrected chi connectivity index (χ3v) is 3.51. The number of anilines is 2. The van der Waals surface area contributed by atoms with Crippen molar-refractivity contribution in [1.29, 1.82) is 0 Å². The third kappa shape index (κ3) is 5.95. The Bertz CT molecular complexity index is 826. The summed E-state index contributed by atoms with van der Waals surface area (Å²) in [5.41, 5.74) is 20.2. The number of hydrogen-bond acceptors (Lipinski definition) is 6. The lowest BCUT2D eigenvalue weighted by Gasteiger charge is -2.03. The summed E-state index contributed by atoms with van der Waals surface area (Å²) in [4.78, 5) is 11.6. The Hall–Kier alpha value is -3.32. The van der Waals surface area contributed by atoms with E-state index in [0.717, 1.165) is 16.8 Å². The van der Waals surface area contributed by atoms with Crippen LogP contribution in [0.1, 0.15) is 27.4 Å². The van der Waals surface area contributed by atoms with E-state index in [1.54, 1.807) is 25.1 Å². The number of nitrogens with one attached hydrogen (secondary N) is 1. The van der Waals surface area contributed by atoms with Gasteiger partial charge in [-0.1, -0.05) is 29.4 Å². The molecule has 7 nitrogen and oxygen atoms in total. The molecule has 0 aliphatic heterocycles. The van der Waals surface area contributed by atoms with Crippen LogP contribution in [0.3, 0.4) is 0 Å². The molecule has 0 saturated carbocycles. The van der Waals surface area contributed by atoms with Crippen molar-refractivity contribution >= 4 is 17.3 Å². The molecule has 0 fully saturated rings. The molecule has 7 N–H and O–H groups in total. The standard InChI is InChI=1S/C12H13N3O2.C7H10N2/c1-8-6-11(15-17-8)12(16)14-7-9-2-4-10(13)5-3-9;8-5-6-1-3-7(9)4-2-6/h2-6H,7,13H2,1H3,(H,14,16);1-4H,5,8-9H2. The second kappa shape index (κ2) is 9.24. The van der Waals surface area contributed by atoms with E-state index < -0.39 is 0 Å². The fraction of sp³-hybridized carbons (Fsp3) is 0.158. The molecule has 0 radical (unpaired) electrons. The van der Waals surface area contributed by atoms with Crippen LogP contribution in [0, 0.1) is 6.92 Å². The van der Waals surface area contributed by atoms with Gasteiger partial charge in [0.2, 0.25) is 0 Å². The highest BCUT2D eigenvalue weighted by Gasteiger charge is 2.09. The van der Waals surface area contributed by atoms with E-state index in [2.05, 4.69) is 10.5 Å². The summed E-state index contributed by atoms with van der Waals surface area (Å²) in [6.07, 6.45) is 0. The number of rotatable bonds is 4. The maximum absolute atomic E-state index is 11.6. The highest BCUT2D eigenvalue weighted by molar-refractivity contribution is 5.92. The summed E-state index contributed by atoms with van der Waals surface area (Å²) in [5.74, 6) is 0.362. The molecule has 1 amide bonds. The van der Waals surface area contributed by atoms with Crippen LogP contribution in [0.15, 0.2) is 59.1 Å². The minimum absolute atomic E-state index is 0.251. The quantitative estimate of drug-likeness (QED) is 0.532. The van der Waals surface area contributed by atoms with Gasteiger partial charge in [0, 0.05) is 30.5 Å². The van der Waals surface area contributed by atoms with E-state index in [-0.39, 0.29) is 11.6 Å². The lowest BCUT2D eigenvalue weighted by atomic mass is 10.2. The Morgan fingerprint density at radius 2 is 1.54 bits per heavy atom. The summed E-state index contributed by atoms with van der Waals surface area (Å²) in [6, 6.07) is 16.5. The van der Waals surface area contributed by atoms with Gasteiger partial charge in [0.05, 0.1) is 0 Å². The third-order valence-electron chi connectivity index (χ3n) is 3.51. The first-order chi connectivity index (χ1) is 12.5. The fourth-order valence-electron chi connectivity index (χ4n) is 2.04. The van der Waals surface area contributed by atoms with Crippen LogP contribution in [-0.2, 0) is 13.1 Å². The molecule has 0 atom stereocenters. The average Bonchev–Trinajstić information content (AvgIpc) is 3.09. The Morgan fingerprint density at radius 3 is 2.00 bits per heavy atom. The van der Waals surface area contributed by atoms with Crippen molar-refractivity contribution < 1.29 is 9.32 Å². The predicted molar refractivity (Wildman–Crippen MR) is 102 cm³/mol. The van der Waals surface area contributed by atoms with Gasteiger partial charge < -0.3 is 27.0 Å². The fourth-order valence-corrected chi connectivity index (χ4v) is 2.04. The first kappa shape index (κ1) is 19.0. The van der Waals surface area contributed by atoms with E-state index in [1.165, 1.54) is 0 Å². The van der Waals surface area contributed by atoms with Crippen LogP contribution < -0.4 is 22.5 Å². The smallest absolute Gasteiger partial charge is 0.273 e. The molecular formula is C19H23N5O2. The minimum Gasteiger partial charge on any atom is -0.399 e. The van der Waals surface area contributed by atoms with Gasteiger partial charge in [-0.15, -0.1) is 0 Å². The molecule has 1 aromatic heterocycles. The molecule has 26 heavy (non-hydrogen) atoms. The number of nitrogen functional groups attached to an aromatic ring is 2. The number of nitrogens with zero attached hydrogens (tertiary/aromatic N) is 1. The number of amides is 1. The molecule has 0 aliphatic carbocycles. The summed E-state index contributed by atoms with van der Waals surface area (Å²) >= 11 is 0. The van der Waals surface area contributed by atoms with Crippen LogP contribution in [0.5, 0.6) is 0 Å². The average molecular weight is 353 g/mol. The van der Waals surface area contributed by atoms with E-state index in [9.17, 15) is 4.79 Å². The van der Waals surface area contributed by atoms with Gasteiger partial charge in [0.15, 0.2) is 5.69 Å². The Kier molecular flexibility index (Phi) is 6.75. The Labute approximate surface area is 152 Å². The zero-order valence-corrected chi connectivity index (χ0v) is 14.6. The van der Waals surface area contributed by atoms with Crippen LogP contribution in [0.25, 0.3) is 0 Å². The topological polar surface area (TPSA) is 133 Å². The van der Waals surface area contributed by atoms with Gasteiger partial charge in [0.25, 0.3) is 5.91 Å². The summed E-state index contributed by atoms with van der Waals surface area (Å²) in [7, 11) is 0. The maximum atomic E-state index is 11.6. The first-order valence-corrected chi connectivity index (χ1v) is 8.08. The molecule has 2 aromatic carbocycles. The number of aromatic nitrogens is 1. The van der Waals surface area contributed by atoms with Crippen LogP contribution >= 0.6 is 0 Å². The van der Waals surface area contributed by atoms with Gasteiger partial charge in [-0.3, -0.25) is 4.79 Å². The van der Waals surface area contributed by atoms with Gasteiger partial charge in [-0.25, -0.2) is 0 Å². The zero-order chi connectivity index (χ0) is 18.9. The molecule has 3 rings (SSSR count). The number of carbonyl (C=O) groups is 1. The van der Waals surface area contributed by atoms with Gasteiger partial charge in [-0.05, 0) is 42.3 Å². The molecule has 0 bridgehead atoms. The van der Waals surface area contributed by atoms with Crippen molar-refractivity contribution in [3.63, 3.8) is 0 Å². The van der Waals surface area contributed by atoms with Crippen molar-refractivity contribution in [3.8, 4) is 0 Å². The highest BCUT2D eigenvalue weighted by Crippen LogP contribution is 2.06. The van der Waals surface area contributed by atoms with Gasteiger partial charge >= 0.3 is 0 Å². The van der Waals surface area contributed by atoms with Crippen molar-refractivity contribution in [2.75, 3.05) is 11.5 Å². The van der Waals surface area contributed by atoms with Crippen molar-refractivity contribution in [2.45, 2.75) is 20.0 Å².